The quantitative estimate of drug-likeness (QED) is 0.685. The first-order chi connectivity index (χ1) is 10.7. The van der Waals surface area contributed by atoms with E-state index in [0.717, 1.165) is 29.7 Å². The van der Waals surface area contributed by atoms with E-state index in [1.54, 1.807) is 18.2 Å². The summed E-state index contributed by atoms with van der Waals surface area (Å²) in [5, 5.41) is 11.5. The summed E-state index contributed by atoms with van der Waals surface area (Å²) in [4.78, 5) is 11.7. The summed E-state index contributed by atoms with van der Waals surface area (Å²) in [5.74, 6) is 1.82. The second-order valence-electron chi connectivity index (χ2n) is 5.82. The van der Waals surface area contributed by atoms with Crippen LogP contribution in [0.25, 0.3) is 0 Å². The van der Waals surface area contributed by atoms with E-state index in [9.17, 15) is 9.90 Å². The van der Waals surface area contributed by atoms with Crippen LogP contribution in [0.2, 0.25) is 0 Å². The van der Waals surface area contributed by atoms with Crippen molar-refractivity contribution in [3.8, 4) is 11.5 Å². The molecule has 1 aliphatic heterocycles. The van der Waals surface area contributed by atoms with Gasteiger partial charge in [0, 0.05) is 12.3 Å². The number of carbonyl (C=O) groups excluding carboxylic acids is 1. The van der Waals surface area contributed by atoms with E-state index >= 15 is 0 Å². The average Bonchev–Trinajstić information content (AvgIpc) is 2.52. The number of ketones is 1. The maximum Gasteiger partial charge on any atom is 1.00 e. The minimum atomic E-state index is -0.0323. The van der Waals surface area contributed by atoms with Crippen molar-refractivity contribution >= 4 is 5.78 Å². The minimum absolute atomic E-state index is 0. The van der Waals surface area contributed by atoms with Crippen molar-refractivity contribution in [3.63, 3.8) is 0 Å². The smallest absolute Gasteiger partial charge is 0.872 e. The molecule has 3 nitrogen and oxygen atoms in total. The van der Waals surface area contributed by atoms with E-state index < -0.39 is 0 Å². The second-order valence-corrected chi connectivity index (χ2v) is 5.82. The predicted octanol–water partition coefficient (Wildman–Crippen LogP) is -0.0153. The van der Waals surface area contributed by atoms with Crippen LogP contribution in [0.5, 0.6) is 11.5 Å². The van der Waals surface area contributed by atoms with E-state index in [0.29, 0.717) is 12.2 Å². The fourth-order valence-electron chi connectivity index (χ4n) is 3.34. The van der Waals surface area contributed by atoms with Crippen molar-refractivity contribution in [3.05, 3.63) is 71.0 Å². The van der Waals surface area contributed by atoms with E-state index in [1.165, 1.54) is 5.57 Å². The number of rotatable bonds is 1. The van der Waals surface area contributed by atoms with Crippen LogP contribution < -0.4 is 39.4 Å². The van der Waals surface area contributed by atoms with E-state index in [1.807, 2.05) is 18.2 Å². The largest absolute Gasteiger partial charge is 1.00 e. The fourth-order valence-corrected chi connectivity index (χ4v) is 3.34. The predicted molar refractivity (Wildman–Crippen MR) is 81.3 cm³/mol. The molecule has 1 heterocycles. The van der Waals surface area contributed by atoms with Gasteiger partial charge in [-0.25, -0.2) is 0 Å². The van der Waals surface area contributed by atoms with Crippen LogP contribution in [0, 0.1) is 5.92 Å². The van der Waals surface area contributed by atoms with Crippen molar-refractivity contribution in [1.82, 2.24) is 0 Å². The Kier molecular flexibility index (Phi) is 4.62. The maximum atomic E-state index is 11.7. The number of hydrogen-bond acceptors (Lipinski definition) is 3. The van der Waals surface area contributed by atoms with Gasteiger partial charge in [0.2, 0.25) is 0 Å². The third-order valence-electron chi connectivity index (χ3n) is 4.38. The zero-order chi connectivity index (χ0) is 15.1. The molecular weight excluding hydrogens is 299 g/mol. The summed E-state index contributed by atoms with van der Waals surface area (Å²) < 4.78 is 5.95. The topological polar surface area (TPSA) is 49.4 Å². The first kappa shape index (κ1) is 16.3. The normalized spacial score (nSPS) is 21.8. The van der Waals surface area contributed by atoms with Gasteiger partial charge < -0.3 is 9.84 Å². The summed E-state index contributed by atoms with van der Waals surface area (Å²) in [6.07, 6.45) is 11.8. The van der Waals surface area contributed by atoms with Crippen LogP contribution in [0.1, 0.15) is 18.4 Å². The molecule has 3 aliphatic rings. The van der Waals surface area contributed by atoms with Gasteiger partial charge in [-0.1, -0.05) is 30.4 Å². The Bertz CT molecular complexity index is 784. The molecule has 1 aromatic rings. The first-order valence-electron chi connectivity index (χ1n) is 7.49. The van der Waals surface area contributed by atoms with Crippen molar-refractivity contribution in [1.29, 1.82) is 0 Å². The molecule has 1 aromatic carbocycles. The molecule has 0 fully saturated rings. The molecule has 0 saturated carbocycles. The summed E-state index contributed by atoms with van der Waals surface area (Å²) >= 11 is 0. The fraction of sp³-hybridized carbons (Fsp3) is 0.211. The Morgan fingerprint density at radius 3 is 2.91 bits per heavy atom. The van der Waals surface area contributed by atoms with E-state index in [-0.39, 0.29) is 47.0 Å². The van der Waals surface area contributed by atoms with Gasteiger partial charge in [-0.05, 0) is 47.8 Å². The first-order valence-corrected chi connectivity index (χ1v) is 7.49. The molecule has 0 aromatic heterocycles. The standard InChI is InChI=1S/C19H16O3.Na/c20-14-4-1-3-12(9-14)16-5-2-6-18-17(16)10-13-7-8-15(21)11-19(13)22-18;/h1,3-8,11,17,21H,2,9-10H2;/q;+1/p-1. The van der Waals surface area contributed by atoms with E-state index in [2.05, 4.69) is 12.2 Å². The molecule has 0 radical (unpaired) electrons. The Balaban J connectivity index is 0.00000156. The van der Waals surface area contributed by atoms with Crippen molar-refractivity contribution in [2.24, 2.45) is 5.92 Å². The van der Waals surface area contributed by atoms with Crippen molar-refractivity contribution < 1.29 is 44.2 Å². The molecule has 0 bridgehead atoms. The third-order valence-corrected chi connectivity index (χ3v) is 4.38. The third kappa shape index (κ3) is 3.09. The molecule has 1 atom stereocenters. The Morgan fingerprint density at radius 1 is 1.22 bits per heavy atom. The number of carbonyl (C=O) groups is 1. The Hall–Kier alpha value is -1.55. The molecule has 0 amide bonds. The molecule has 0 saturated heterocycles. The monoisotopic (exact) mass is 314 g/mol. The molecule has 0 N–H and O–H groups in total. The summed E-state index contributed by atoms with van der Waals surface area (Å²) in [5.41, 5.74) is 3.32. The molecule has 110 valence electrons. The number of hydrogen-bond donors (Lipinski definition) is 0. The number of benzene rings is 1. The summed E-state index contributed by atoms with van der Waals surface area (Å²) in [7, 11) is 0. The number of allylic oxidation sites excluding steroid dienone is 7. The molecule has 0 spiro atoms. The van der Waals surface area contributed by atoms with Gasteiger partial charge in [-0.15, -0.1) is 5.75 Å². The zero-order valence-electron chi connectivity index (χ0n) is 13.0. The average molecular weight is 314 g/mol. The second kappa shape index (κ2) is 6.52. The summed E-state index contributed by atoms with van der Waals surface area (Å²) in [6, 6.07) is 4.98. The van der Waals surface area contributed by atoms with Crippen LogP contribution in [-0.2, 0) is 11.2 Å². The zero-order valence-corrected chi connectivity index (χ0v) is 15.0. The van der Waals surface area contributed by atoms with Gasteiger partial charge in [0.25, 0.3) is 0 Å². The molecule has 1 unspecified atom stereocenters. The van der Waals surface area contributed by atoms with Crippen molar-refractivity contribution in [2.75, 3.05) is 0 Å². The van der Waals surface area contributed by atoms with Crippen LogP contribution in [0.15, 0.2) is 65.5 Å². The van der Waals surface area contributed by atoms with Crippen LogP contribution in [-0.4, -0.2) is 5.78 Å². The Labute approximate surface area is 157 Å². The number of fused-ring (bicyclic) bond motifs is 2. The van der Waals surface area contributed by atoms with Gasteiger partial charge >= 0.3 is 29.6 Å². The van der Waals surface area contributed by atoms with Crippen molar-refractivity contribution in [2.45, 2.75) is 19.3 Å². The van der Waals surface area contributed by atoms with Gasteiger partial charge in [0.15, 0.2) is 5.78 Å². The van der Waals surface area contributed by atoms with Crippen LogP contribution in [0.3, 0.4) is 0 Å². The molecular formula is C19H15NaO3. The van der Waals surface area contributed by atoms with Crippen LogP contribution in [0.4, 0.5) is 0 Å². The SMILES string of the molecule is O=C1C=CC=C(C2=CCC=C3Oc4cc([O-])ccc4CC32)C1.[Na+]. The van der Waals surface area contributed by atoms with Gasteiger partial charge in [-0.3, -0.25) is 4.79 Å². The molecule has 4 heteroatoms. The number of ether oxygens (including phenoxy) is 1. The minimum Gasteiger partial charge on any atom is -0.872 e. The summed E-state index contributed by atoms with van der Waals surface area (Å²) in [6.45, 7) is 0. The Morgan fingerprint density at radius 2 is 2.09 bits per heavy atom. The maximum absolute atomic E-state index is 11.7. The van der Waals surface area contributed by atoms with Gasteiger partial charge in [0.05, 0.1) is 0 Å². The molecule has 2 aliphatic carbocycles. The van der Waals surface area contributed by atoms with E-state index in [4.69, 9.17) is 4.74 Å². The van der Waals surface area contributed by atoms with Gasteiger partial charge in [-0.2, -0.15) is 0 Å². The molecule has 23 heavy (non-hydrogen) atoms. The molecule has 4 rings (SSSR count). The van der Waals surface area contributed by atoms with Crippen LogP contribution >= 0.6 is 0 Å². The van der Waals surface area contributed by atoms with Gasteiger partial charge in [0.1, 0.15) is 11.5 Å².